The van der Waals surface area contributed by atoms with E-state index in [-0.39, 0.29) is 29.2 Å². The van der Waals surface area contributed by atoms with Gasteiger partial charge in [0.1, 0.15) is 18.1 Å². The van der Waals surface area contributed by atoms with E-state index < -0.39 is 45.4 Å². The van der Waals surface area contributed by atoms with Gasteiger partial charge in [0, 0.05) is 36.3 Å². The highest BCUT2D eigenvalue weighted by Crippen LogP contribution is 2.65. The van der Waals surface area contributed by atoms with Crippen LogP contribution in [0.1, 0.15) is 40.2 Å². The predicted molar refractivity (Wildman–Crippen MR) is 141 cm³/mol. The molecular weight excluding hydrogens is 508 g/mol. The number of likely N-dealkylation sites (tertiary alicyclic amines) is 1. The number of fused-ring (bicyclic) bond motifs is 2. The number of carbonyl (C=O) groups excluding carboxylic acids is 2. The van der Waals surface area contributed by atoms with Gasteiger partial charge in [-0.2, -0.15) is 5.26 Å². The Hall–Kier alpha value is -3.30. The Bertz CT molecular complexity index is 1490. The van der Waals surface area contributed by atoms with Gasteiger partial charge in [-0.05, 0) is 34.8 Å². The molecule has 4 rings (SSSR count). The fourth-order valence-corrected chi connectivity index (χ4v) is 6.52. The predicted octanol–water partition coefficient (Wildman–Crippen LogP) is 0.921. The van der Waals surface area contributed by atoms with Crippen molar-refractivity contribution >= 4 is 32.7 Å². The molecule has 1 aliphatic carbocycles. The van der Waals surface area contributed by atoms with Crippen molar-refractivity contribution in [1.29, 1.82) is 5.26 Å². The molecule has 1 saturated heterocycles. The summed E-state index contributed by atoms with van der Waals surface area (Å²) in [5.41, 5.74) is -0.342. The number of pyridine rings is 2. The maximum absolute atomic E-state index is 13.7. The van der Waals surface area contributed by atoms with Crippen LogP contribution in [0, 0.1) is 34.0 Å². The summed E-state index contributed by atoms with van der Waals surface area (Å²) in [6.07, 6.45) is 4.13. The van der Waals surface area contributed by atoms with Gasteiger partial charge in [0.2, 0.25) is 21.8 Å². The number of hydrogen-bond donors (Lipinski definition) is 3. The lowest BCUT2D eigenvalue weighted by Crippen LogP contribution is -2.59. The minimum Gasteiger partial charge on any atom is -0.338 e. The molecule has 1 saturated carbocycles. The molecule has 0 bridgehead atoms. The highest BCUT2D eigenvalue weighted by atomic mass is 32.2. The van der Waals surface area contributed by atoms with E-state index in [0.717, 1.165) is 6.26 Å². The number of rotatable bonds is 7. The van der Waals surface area contributed by atoms with Crippen LogP contribution < -0.4 is 15.6 Å². The third-order valence-electron chi connectivity index (χ3n) is 7.82. The van der Waals surface area contributed by atoms with Gasteiger partial charge in [-0.25, -0.2) is 13.1 Å². The van der Waals surface area contributed by atoms with Crippen molar-refractivity contribution in [2.45, 2.75) is 59.2 Å². The van der Waals surface area contributed by atoms with Crippen molar-refractivity contribution in [3.05, 3.63) is 40.4 Å². The van der Waals surface area contributed by atoms with Crippen LogP contribution in [0.5, 0.6) is 0 Å². The van der Waals surface area contributed by atoms with Gasteiger partial charge in [0.15, 0.2) is 0 Å². The van der Waals surface area contributed by atoms with Gasteiger partial charge in [0.25, 0.3) is 5.56 Å². The molecule has 3 N–H and O–H groups in total. The maximum Gasteiger partial charge on any atom is 0.251 e. The van der Waals surface area contributed by atoms with Gasteiger partial charge >= 0.3 is 0 Å². The summed E-state index contributed by atoms with van der Waals surface area (Å²) in [4.78, 5) is 48.1. The summed E-state index contributed by atoms with van der Waals surface area (Å²) in [6, 6.07) is 2.44. The molecular formula is C26H34N6O5S. The number of nitriles is 1. The van der Waals surface area contributed by atoms with E-state index in [1.807, 2.05) is 13.8 Å². The minimum atomic E-state index is -3.70. The van der Waals surface area contributed by atoms with Crippen LogP contribution in [-0.2, 0) is 26.0 Å². The van der Waals surface area contributed by atoms with Crippen molar-refractivity contribution < 1.29 is 18.0 Å². The topological polar surface area (TPSA) is 165 Å². The first kappa shape index (κ1) is 27.7. The zero-order valence-electron chi connectivity index (χ0n) is 22.4. The number of nitrogens with zero attached hydrogens (tertiary/aromatic N) is 3. The van der Waals surface area contributed by atoms with Gasteiger partial charge in [-0.1, -0.05) is 34.6 Å². The number of sulfonamides is 1. The molecule has 0 spiro atoms. The molecule has 2 aliphatic rings. The normalized spacial score (nSPS) is 23.8. The first-order chi connectivity index (χ1) is 17.5. The van der Waals surface area contributed by atoms with E-state index in [4.69, 9.17) is 0 Å². The second-order valence-corrected chi connectivity index (χ2v) is 13.8. The number of nitrogens with one attached hydrogen (secondary N) is 3. The number of amides is 2. The first-order valence-corrected chi connectivity index (χ1v) is 14.4. The van der Waals surface area contributed by atoms with Gasteiger partial charge in [0.05, 0.1) is 17.8 Å². The summed E-state index contributed by atoms with van der Waals surface area (Å²) in [7, 11) is -3.70. The number of H-pyrrole nitrogens is 1. The standard InChI is InChI=1S/C26H34N6O5S/c1-25(2,3)21(31-38(6,36)37)24(35)32-13-17-19(26(17,4)5)20(32)23(34)29-16(11-27)10-14-9-15-12-28-8-7-18(15)30-22(14)33/h7-9,12,16-17,19-21,31H,10,13H2,1-6H3,(H,29,34)(H,30,33)/t16-,17+,19+,20+,21-/m1/s1. The van der Waals surface area contributed by atoms with Crippen molar-refractivity contribution in [3.8, 4) is 6.07 Å². The Morgan fingerprint density at radius 2 is 2.03 bits per heavy atom. The molecule has 11 nitrogen and oxygen atoms in total. The molecule has 2 aromatic heterocycles. The third kappa shape index (κ3) is 5.31. The molecule has 12 heteroatoms. The zero-order chi connectivity index (χ0) is 28.2. The highest BCUT2D eigenvalue weighted by Gasteiger charge is 2.69. The lowest BCUT2D eigenvalue weighted by atomic mass is 9.86. The van der Waals surface area contributed by atoms with Gasteiger partial charge in [-0.3, -0.25) is 19.4 Å². The zero-order valence-corrected chi connectivity index (χ0v) is 23.2. The van der Waals surface area contributed by atoms with Crippen LogP contribution in [0.25, 0.3) is 10.9 Å². The van der Waals surface area contributed by atoms with Crippen LogP contribution in [0.15, 0.2) is 29.3 Å². The number of piperidine rings is 1. The van der Waals surface area contributed by atoms with E-state index in [9.17, 15) is 28.1 Å². The average molecular weight is 543 g/mol. The summed E-state index contributed by atoms with van der Waals surface area (Å²) in [6.45, 7) is 9.65. The number of hydrogen-bond acceptors (Lipinski definition) is 7. The van der Waals surface area contributed by atoms with Crippen LogP contribution in [0.3, 0.4) is 0 Å². The van der Waals surface area contributed by atoms with Gasteiger partial charge in [-0.15, -0.1) is 0 Å². The fraction of sp³-hybridized carbons (Fsp3) is 0.577. The Kier molecular flexibility index (Phi) is 6.91. The van der Waals surface area contributed by atoms with E-state index in [2.05, 4.69) is 26.1 Å². The van der Waals surface area contributed by atoms with Crippen molar-refractivity contribution in [1.82, 2.24) is 24.9 Å². The maximum atomic E-state index is 13.7. The van der Waals surface area contributed by atoms with Crippen LogP contribution in [0.2, 0.25) is 0 Å². The SMILES string of the molecule is CC(C)(C)[C@H](NS(C)(=O)=O)C(=O)N1C[C@H]2[C@@H]([C@H]1C(=O)N[C@@H](C#N)Cc1cc3cnccc3[nH]c1=O)C2(C)C. The quantitative estimate of drug-likeness (QED) is 0.468. The van der Waals surface area contributed by atoms with Crippen molar-refractivity contribution in [2.24, 2.45) is 22.7 Å². The lowest BCUT2D eigenvalue weighted by molar-refractivity contribution is -0.143. The van der Waals surface area contributed by atoms with Crippen LogP contribution >= 0.6 is 0 Å². The lowest BCUT2D eigenvalue weighted by Gasteiger charge is -2.37. The molecule has 0 unspecified atom stereocenters. The Labute approximate surface area is 222 Å². The average Bonchev–Trinajstić information content (AvgIpc) is 3.14. The molecule has 38 heavy (non-hydrogen) atoms. The number of carbonyl (C=O) groups is 2. The monoisotopic (exact) mass is 542 g/mol. The molecule has 1 aliphatic heterocycles. The second-order valence-electron chi connectivity index (χ2n) is 12.1. The highest BCUT2D eigenvalue weighted by molar-refractivity contribution is 7.88. The fourth-order valence-electron chi connectivity index (χ4n) is 5.64. The molecule has 204 valence electrons. The molecule has 2 fully saturated rings. The van der Waals surface area contributed by atoms with Crippen LogP contribution in [-0.4, -0.2) is 66.0 Å². The summed E-state index contributed by atoms with van der Waals surface area (Å²) in [5.74, 6) is -1.01. The Balaban J connectivity index is 1.58. The number of aromatic nitrogens is 2. The summed E-state index contributed by atoms with van der Waals surface area (Å²) >= 11 is 0. The summed E-state index contributed by atoms with van der Waals surface area (Å²) in [5, 5.41) is 13.3. The third-order valence-corrected chi connectivity index (χ3v) is 8.49. The van der Waals surface area contributed by atoms with Crippen LogP contribution in [0.4, 0.5) is 0 Å². The van der Waals surface area contributed by atoms with Gasteiger partial charge < -0.3 is 15.2 Å². The Morgan fingerprint density at radius 1 is 1.34 bits per heavy atom. The second kappa shape index (κ2) is 9.47. The molecule has 3 heterocycles. The summed E-state index contributed by atoms with van der Waals surface area (Å²) < 4.78 is 26.5. The van der Waals surface area contributed by atoms with E-state index in [0.29, 0.717) is 23.0 Å². The smallest absolute Gasteiger partial charge is 0.251 e. The molecule has 0 aromatic carbocycles. The number of aromatic amines is 1. The largest absolute Gasteiger partial charge is 0.338 e. The van der Waals surface area contributed by atoms with Crippen molar-refractivity contribution in [3.63, 3.8) is 0 Å². The minimum absolute atomic E-state index is 0.0270. The van der Waals surface area contributed by atoms with Crippen molar-refractivity contribution in [2.75, 3.05) is 12.8 Å². The molecule has 2 aromatic rings. The van der Waals surface area contributed by atoms with E-state index in [1.54, 1.807) is 45.3 Å². The molecule has 0 radical (unpaired) electrons. The first-order valence-electron chi connectivity index (χ1n) is 12.5. The van der Waals surface area contributed by atoms with E-state index in [1.165, 1.54) is 4.90 Å². The Morgan fingerprint density at radius 3 is 2.63 bits per heavy atom. The molecule has 5 atom stereocenters. The molecule has 2 amide bonds. The van der Waals surface area contributed by atoms with E-state index >= 15 is 0 Å².